The molecule has 2 unspecified atom stereocenters. The van der Waals surface area contributed by atoms with Gasteiger partial charge in [0.25, 0.3) is 0 Å². The van der Waals surface area contributed by atoms with E-state index in [0.29, 0.717) is 13.0 Å². The van der Waals surface area contributed by atoms with Gasteiger partial charge in [0, 0.05) is 38.1 Å². The van der Waals surface area contributed by atoms with Crippen LogP contribution in [0.15, 0.2) is 54.9 Å². The number of benzene rings is 1. The smallest absolute Gasteiger partial charge is 0.317 e. The van der Waals surface area contributed by atoms with E-state index in [9.17, 15) is 9.59 Å². The summed E-state index contributed by atoms with van der Waals surface area (Å²) in [4.78, 5) is 32.2. The van der Waals surface area contributed by atoms with Crippen molar-refractivity contribution in [1.82, 2.24) is 15.2 Å². The fourth-order valence-corrected chi connectivity index (χ4v) is 2.96. The number of para-hydroxylation sites is 1. The summed E-state index contributed by atoms with van der Waals surface area (Å²) in [6.07, 6.45) is 3.78. The summed E-state index contributed by atoms with van der Waals surface area (Å²) in [7, 11) is 1.75. The predicted molar refractivity (Wildman–Crippen MR) is 96.1 cm³/mol. The number of nitrogens with zero attached hydrogens (tertiary/aromatic N) is 3. The number of rotatable bonds is 4. The predicted octanol–water partition coefficient (Wildman–Crippen LogP) is 2.59. The molecular formula is C19H22N4O2. The fourth-order valence-electron chi connectivity index (χ4n) is 2.96. The maximum Gasteiger partial charge on any atom is 0.317 e. The number of hydrogen-bond donors (Lipinski definition) is 1. The monoisotopic (exact) mass is 338 g/mol. The topological polar surface area (TPSA) is 65.5 Å². The van der Waals surface area contributed by atoms with Crippen LogP contribution in [0.1, 0.15) is 24.9 Å². The molecule has 1 aliphatic rings. The number of nitrogens with one attached hydrogen (secondary N) is 1. The molecule has 0 saturated carbocycles. The Balaban J connectivity index is 1.61. The van der Waals surface area contributed by atoms with Crippen molar-refractivity contribution < 1.29 is 9.59 Å². The van der Waals surface area contributed by atoms with Gasteiger partial charge in [-0.2, -0.15) is 0 Å². The zero-order chi connectivity index (χ0) is 17.8. The standard InChI is InChI=1S/C19H22N4O2/c1-14(15-7-6-10-20-12-15)22(2)19(25)21-16-11-18(24)23(13-16)17-8-4-3-5-9-17/h3-10,12,14,16H,11,13H2,1-2H3,(H,21,25). The van der Waals surface area contributed by atoms with Gasteiger partial charge in [0.2, 0.25) is 5.91 Å². The second kappa shape index (κ2) is 7.34. The van der Waals surface area contributed by atoms with E-state index in [1.165, 1.54) is 0 Å². The van der Waals surface area contributed by atoms with Gasteiger partial charge in [-0.15, -0.1) is 0 Å². The Morgan fingerprint density at radius 3 is 2.72 bits per heavy atom. The van der Waals surface area contributed by atoms with Gasteiger partial charge in [0.05, 0.1) is 12.1 Å². The minimum atomic E-state index is -0.191. The molecule has 1 N–H and O–H groups in total. The van der Waals surface area contributed by atoms with Crippen LogP contribution >= 0.6 is 0 Å². The Labute approximate surface area is 147 Å². The van der Waals surface area contributed by atoms with E-state index in [0.717, 1.165) is 11.3 Å². The van der Waals surface area contributed by atoms with Crippen molar-refractivity contribution in [1.29, 1.82) is 0 Å². The van der Waals surface area contributed by atoms with Gasteiger partial charge in [-0.3, -0.25) is 9.78 Å². The van der Waals surface area contributed by atoms with Crippen LogP contribution < -0.4 is 10.2 Å². The molecule has 25 heavy (non-hydrogen) atoms. The molecule has 6 nitrogen and oxygen atoms in total. The van der Waals surface area contributed by atoms with E-state index in [2.05, 4.69) is 10.3 Å². The average Bonchev–Trinajstić information content (AvgIpc) is 3.02. The maximum atomic E-state index is 12.5. The molecule has 3 amide bonds. The van der Waals surface area contributed by atoms with Gasteiger partial charge in [0.1, 0.15) is 0 Å². The Morgan fingerprint density at radius 1 is 1.28 bits per heavy atom. The maximum absolute atomic E-state index is 12.5. The highest BCUT2D eigenvalue weighted by atomic mass is 16.2. The second-order valence-electron chi connectivity index (χ2n) is 6.26. The van der Waals surface area contributed by atoms with Crippen molar-refractivity contribution in [2.75, 3.05) is 18.5 Å². The molecule has 2 aromatic rings. The molecule has 1 aromatic carbocycles. The SMILES string of the molecule is CC(c1cccnc1)N(C)C(=O)NC1CC(=O)N(c2ccccc2)C1. The van der Waals surface area contributed by atoms with Crippen LogP contribution in [0.25, 0.3) is 0 Å². The molecule has 0 radical (unpaired) electrons. The highest BCUT2D eigenvalue weighted by Crippen LogP contribution is 2.22. The number of urea groups is 1. The lowest BCUT2D eigenvalue weighted by Crippen LogP contribution is -2.45. The molecule has 6 heteroatoms. The number of pyridine rings is 1. The lowest BCUT2D eigenvalue weighted by Gasteiger charge is -2.27. The lowest BCUT2D eigenvalue weighted by atomic mass is 10.1. The van der Waals surface area contributed by atoms with Crippen molar-refractivity contribution >= 4 is 17.6 Å². The van der Waals surface area contributed by atoms with Crippen molar-refractivity contribution in [2.45, 2.75) is 25.4 Å². The van der Waals surface area contributed by atoms with Crippen molar-refractivity contribution in [3.05, 3.63) is 60.4 Å². The number of anilines is 1. The minimum absolute atomic E-state index is 0.0273. The summed E-state index contributed by atoms with van der Waals surface area (Å²) in [6.45, 7) is 2.44. The van der Waals surface area contributed by atoms with Crippen molar-refractivity contribution in [3.63, 3.8) is 0 Å². The van der Waals surface area contributed by atoms with Crippen LogP contribution in [-0.2, 0) is 4.79 Å². The quantitative estimate of drug-likeness (QED) is 0.932. The van der Waals surface area contributed by atoms with Gasteiger partial charge in [-0.05, 0) is 30.7 Å². The Kier molecular flexibility index (Phi) is 4.97. The summed E-state index contributed by atoms with van der Waals surface area (Å²) in [6, 6.07) is 12.8. The summed E-state index contributed by atoms with van der Waals surface area (Å²) in [5.41, 5.74) is 1.83. The number of amides is 3. The third-order valence-electron chi connectivity index (χ3n) is 4.59. The molecule has 1 saturated heterocycles. The molecule has 1 aliphatic heterocycles. The highest BCUT2D eigenvalue weighted by molar-refractivity contribution is 5.96. The van der Waals surface area contributed by atoms with Gasteiger partial charge in [-0.25, -0.2) is 4.79 Å². The highest BCUT2D eigenvalue weighted by Gasteiger charge is 2.32. The van der Waals surface area contributed by atoms with Crippen LogP contribution in [0.5, 0.6) is 0 Å². The first-order chi connectivity index (χ1) is 12.1. The van der Waals surface area contributed by atoms with Gasteiger partial charge in [0.15, 0.2) is 0 Å². The number of carbonyl (C=O) groups excluding carboxylic acids is 2. The zero-order valence-corrected chi connectivity index (χ0v) is 14.4. The molecule has 0 bridgehead atoms. The molecule has 2 heterocycles. The number of aromatic nitrogens is 1. The van der Waals surface area contributed by atoms with Crippen LogP contribution in [0.4, 0.5) is 10.5 Å². The Hall–Kier alpha value is -2.89. The lowest BCUT2D eigenvalue weighted by molar-refractivity contribution is -0.117. The largest absolute Gasteiger partial charge is 0.333 e. The van der Waals surface area contributed by atoms with Crippen molar-refractivity contribution in [3.8, 4) is 0 Å². The number of hydrogen-bond acceptors (Lipinski definition) is 3. The average molecular weight is 338 g/mol. The molecule has 1 fully saturated rings. The molecular weight excluding hydrogens is 316 g/mol. The second-order valence-corrected chi connectivity index (χ2v) is 6.26. The van der Waals surface area contributed by atoms with E-state index in [1.54, 1.807) is 29.2 Å². The molecule has 1 aromatic heterocycles. The van der Waals surface area contributed by atoms with E-state index in [4.69, 9.17) is 0 Å². The molecule has 2 atom stereocenters. The Morgan fingerprint density at radius 2 is 2.04 bits per heavy atom. The third-order valence-corrected chi connectivity index (χ3v) is 4.59. The van der Waals surface area contributed by atoms with Gasteiger partial charge in [-0.1, -0.05) is 24.3 Å². The van der Waals surface area contributed by atoms with Crippen LogP contribution in [0.2, 0.25) is 0 Å². The fraction of sp³-hybridized carbons (Fsp3) is 0.316. The molecule has 0 aliphatic carbocycles. The van der Waals surface area contributed by atoms with Crippen LogP contribution in [0.3, 0.4) is 0 Å². The molecule has 0 spiro atoms. The number of carbonyl (C=O) groups is 2. The molecule has 130 valence electrons. The van der Waals surface area contributed by atoms with E-state index in [-0.39, 0.29) is 24.0 Å². The summed E-state index contributed by atoms with van der Waals surface area (Å²) in [5.74, 6) is 0.0273. The van der Waals surface area contributed by atoms with Crippen LogP contribution in [0, 0.1) is 0 Å². The zero-order valence-electron chi connectivity index (χ0n) is 14.4. The minimum Gasteiger partial charge on any atom is -0.333 e. The van der Waals surface area contributed by atoms with E-state index >= 15 is 0 Å². The van der Waals surface area contributed by atoms with E-state index < -0.39 is 0 Å². The first kappa shape index (κ1) is 17.0. The van der Waals surface area contributed by atoms with Crippen molar-refractivity contribution in [2.24, 2.45) is 0 Å². The first-order valence-electron chi connectivity index (χ1n) is 8.35. The van der Waals surface area contributed by atoms with Gasteiger partial charge >= 0.3 is 6.03 Å². The Bertz CT molecular complexity index is 736. The summed E-state index contributed by atoms with van der Waals surface area (Å²) >= 11 is 0. The van der Waals surface area contributed by atoms with Gasteiger partial charge < -0.3 is 15.1 Å². The first-order valence-corrected chi connectivity index (χ1v) is 8.35. The molecule has 3 rings (SSSR count). The van der Waals surface area contributed by atoms with E-state index in [1.807, 2.05) is 49.4 Å². The normalized spacial score (nSPS) is 18.1. The summed E-state index contributed by atoms with van der Waals surface area (Å²) in [5, 5.41) is 2.96. The van der Waals surface area contributed by atoms with Crippen LogP contribution in [-0.4, -0.2) is 41.5 Å². The third kappa shape index (κ3) is 3.79. The summed E-state index contributed by atoms with van der Waals surface area (Å²) < 4.78 is 0.